The van der Waals surface area contributed by atoms with Crippen molar-refractivity contribution in [3.8, 4) is 0 Å². The first-order valence-corrected chi connectivity index (χ1v) is 8.14. The molecular weight excluding hydrogens is 316 g/mol. The van der Waals surface area contributed by atoms with Crippen LogP contribution in [0.2, 0.25) is 0 Å². The minimum Gasteiger partial charge on any atom is -0.349 e. The first kappa shape index (κ1) is 15.5. The molecule has 1 amide bonds. The SMILES string of the molecule is CCC1(C(=O)N[C@H](C)c2ccccc2Br)CCCNC1. The Hall–Kier alpha value is -0.870. The number of carbonyl (C=O) groups excluding carboxylic acids is 1. The largest absolute Gasteiger partial charge is 0.349 e. The van der Waals surface area contributed by atoms with Crippen molar-refractivity contribution < 1.29 is 4.79 Å². The molecule has 2 rings (SSSR count). The lowest BCUT2D eigenvalue weighted by molar-refractivity contribution is -0.133. The highest BCUT2D eigenvalue weighted by Crippen LogP contribution is 2.32. The highest BCUT2D eigenvalue weighted by atomic mass is 79.9. The fraction of sp³-hybridized carbons (Fsp3) is 0.562. The monoisotopic (exact) mass is 338 g/mol. The molecule has 0 bridgehead atoms. The van der Waals surface area contributed by atoms with E-state index in [-0.39, 0.29) is 17.4 Å². The predicted octanol–water partition coefficient (Wildman–Crippen LogP) is 3.41. The first-order chi connectivity index (χ1) is 9.59. The molecule has 1 unspecified atom stereocenters. The lowest BCUT2D eigenvalue weighted by Gasteiger charge is -2.36. The van der Waals surface area contributed by atoms with Crippen LogP contribution in [0.25, 0.3) is 0 Å². The van der Waals surface area contributed by atoms with Crippen LogP contribution in [0.4, 0.5) is 0 Å². The van der Waals surface area contributed by atoms with Gasteiger partial charge in [-0.25, -0.2) is 0 Å². The van der Waals surface area contributed by atoms with Gasteiger partial charge < -0.3 is 10.6 Å². The van der Waals surface area contributed by atoms with Crippen molar-refractivity contribution in [3.63, 3.8) is 0 Å². The van der Waals surface area contributed by atoms with E-state index in [0.717, 1.165) is 42.4 Å². The fourth-order valence-electron chi connectivity index (χ4n) is 2.88. The van der Waals surface area contributed by atoms with Gasteiger partial charge in [-0.05, 0) is 44.4 Å². The van der Waals surface area contributed by atoms with E-state index < -0.39 is 0 Å². The van der Waals surface area contributed by atoms with E-state index in [1.807, 2.05) is 31.2 Å². The molecule has 1 aliphatic heterocycles. The fourth-order valence-corrected chi connectivity index (χ4v) is 3.51. The van der Waals surface area contributed by atoms with Crippen LogP contribution in [0.5, 0.6) is 0 Å². The molecule has 0 spiro atoms. The average Bonchev–Trinajstić information content (AvgIpc) is 2.48. The van der Waals surface area contributed by atoms with E-state index >= 15 is 0 Å². The molecule has 3 nitrogen and oxygen atoms in total. The van der Waals surface area contributed by atoms with E-state index in [0.29, 0.717) is 0 Å². The molecule has 2 atom stereocenters. The normalized spacial score (nSPS) is 24.1. The third kappa shape index (κ3) is 3.23. The molecule has 1 saturated heterocycles. The maximum Gasteiger partial charge on any atom is 0.227 e. The van der Waals surface area contributed by atoms with Crippen LogP contribution in [-0.4, -0.2) is 19.0 Å². The Balaban J connectivity index is 2.08. The van der Waals surface area contributed by atoms with Crippen molar-refractivity contribution in [2.75, 3.05) is 13.1 Å². The third-order valence-electron chi connectivity index (χ3n) is 4.35. The number of hydrogen-bond acceptors (Lipinski definition) is 2. The summed E-state index contributed by atoms with van der Waals surface area (Å²) in [6, 6.07) is 8.06. The van der Waals surface area contributed by atoms with Gasteiger partial charge in [0.25, 0.3) is 0 Å². The molecule has 4 heteroatoms. The van der Waals surface area contributed by atoms with Crippen molar-refractivity contribution in [1.82, 2.24) is 10.6 Å². The molecule has 1 aromatic carbocycles. The molecule has 1 aliphatic rings. The second-order valence-corrected chi connectivity index (χ2v) is 6.49. The summed E-state index contributed by atoms with van der Waals surface area (Å²) in [5.41, 5.74) is 0.879. The molecule has 2 N–H and O–H groups in total. The van der Waals surface area contributed by atoms with Crippen LogP contribution >= 0.6 is 15.9 Å². The highest BCUT2D eigenvalue weighted by molar-refractivity contribution is 9.10. The van der Waals surface area contributed by atoms with Crippen LogP contribution in [-0.2, 0) is 4.79 Å². The first-order valence-electron chi connectivity index (χ1n) is 7.35. The predicted molar refractivity (Wildman–Crippen MR) is 85.5 cm³/mol. The number of piperidine rings is 1. The number of hydrogen-bond donors (Lipinski definition) is 2. The van der Waals surface area contributed by atoms with Crippen LogP contribution in [0, 0.1) is 5.41 Å². The van der Waals surface area contributed by atoms with Crippen molar-refractivity contribution in [3.05, 3.63) is 34.3 Å². The van der Waals surface area contributed by atoms with E-state index in [1.165, 1.54) is 0 Å². The van der Waals surface area contributed by atoms with Crippen molar-refractivity contribution in [2.45, 2.75) is 39.2 Å². The highest BCUT2D eigenvalue weighted by Gasteiger charge is 2.38. The molecule has 0 aliphatic carbocycles. The Morgan fingerprint density at radius 2 is 2.25 bits per heavy atom. The van der Waals surface area contributed by atoms with Crippen molar-refractivity contribution >= 4 is 21.8 Å². The van der Waals surface area contributed by atoms with Gasteiger partial charge in [-0.1, -0.05) is 41.1 Å². The maximum atomic E-state index is 12.7. The average molecular weight is 339 g/mol. The zero-order valence-electron chi connectivity index (χ0n) is 12.2. The van der Waals surface area contributed by atoms with Gasteiger partial charge in [0.15, 0.2) is 0 Å². The summed E-state index contributed by atoms with van der Waals surface area (Å²) in [4.78, 5) is 12.7. The van der Waals surface area contributed by atoms with Gasteiger partial charge in [-0.2, -0.15) is 0 Å². The van der Waals surface area contributed by atoms with Crippen LogP contribution in [0.3, 0.4) is 0 Å². The Morgan fingerprint density at radius 3 is 2.85 bits per heavy atom. The summed E-state index contributed by atoms with van der Waals surface area (Å²) in [5.74, 6) is 0.176. The van der Waals surface area contributed by atoms with Gasteiger partial charge in [0.1, 0.15) is 0 Å². The maximum absolute atomic E-state index is 12.7. The number of amides is 1. The molecule has 1 heterocycles. The van der Waals surface area contributed by atoms with Gasteiger partial charge >= 0.3 is 0 Å². The van der Waals surface area contributed by atoms with Crippen molar-refractivity contribution in [2.24, 2.45) is 5.41 Å². The lowest BCUT2D eigenvalue weighted by Crippen LogP contribution is -2.50. The Kier molecular flexibility index (Phi) is 5.22. The van der Waals surface area contributed by atoms with Crippen LogP contribution in [0.15, 0.2) is 28.7 Å². The minimum absolute atomic E-state index is 0.0171. The summed E-state index contributed by atoms with van der Waals surface area (Å²) >= 11 is 3.55. The standard InChI is InChI=1S/C16H23BrN2O/c1-3-16(9-6-10-18-11-16)15(20)19-12(2)13-7-4-5-8-14(13)17/h4-5,7-8,12,18H,3,6,9-11H2,1-2H3,(H,19,20)/t12-,16?/m1/s1. The molecule has 0 aromatic heterocycles. The minimum atomic E-state index is -0.242. The smallest absolute Gasteiger partial charge is 0.227 e. The summed E-state index contributed by atoms with van der Waals surface area (Å²) in [6.07, 6.45) is 2.93. The molecular formula is C16H23BrN2O. The third-order valence-corrected chi connectivity index (χ3v) is 5.07. The number of benzene rings is 1. The van der Waals surface area contributed by atoms with Gasteiger partial charge in [-0.15, -0.1) is 0 Å². The number of rotatable bonds is 4. The summed E-state index contributed by atoms with van der Waals surface area (Å²) < 4.78 is 1.04. The van der Waals surface area contributed by atoms with Gasteiger partial charge in [0.05, 0.1) is 11.5 Å². The number of carbonyl (C=O) groups is 1. The second kappa shape index (κ2) is 6.72. The zero-order chi connectivity index (χ0) is 14.6. The quantitative estimate of drug-likeness (QED) is 0.883. The Bertz CT molecular complexity index is 469. The van der Waals surface area contributed by atoms with Gasteiger partial charge in [0, 0.05) is 11.0 Å². The van der Waals surface area contributed by atoms with Crippen LogP contribution < -0.4 is 10.6 Å². The molecule has 1 fully saturated rings. The summed E-state index contributed by atoms with van der Waals surface area (Å²) in [6.45, 7) is 5.96. The van der Waals surface area contributed by atoms with E-state index in [4.69, 9.17) is 0 Å². The molecule has 0 saturated carbocycles. The molecule has 1 aromatic rings. The molecule has 20 heavy (non-hydrogen) atoms. The molecule has 110 valence electrons. The van der Waals surface area contributed by atoms with E-state index in [2.05, 4.69) is 33.5 Å². The number of halogens is 1. The van der Waals surface area contributed by atoms with Crippen LogP contribution in [0.1, 0.15) is 44.7 Å². The topological polar surface area (TPSA) is 41.1 Å². The second-order valence-electron chi connectivity index (χ2n) is 5.63. The summed E-state index contributed by atoms with van der Waals surface area (Å²) in [7, 11) is 0. The zero-order valence-corrected chi connectivity index (χ0v) is 13.8. The van der Waals surface area contributed by atoms with Gasteiger partial charge in [-0.3, -0.25) is 4.79 Å². The number of nitrogens with one attached hydrogen (secondary N) is 2. The molecule has 0 radical (unpaired) electrons. The Labute approximate surface area is 129 Å². The Morgan fingerprint density at radius 1 is 1.50 bits per heavy atom. The summed E-state index contributed by atoms with van der Waals surface area (Å²) in [5, 5.41) is 6.55. The van der Waals surface area contributed by atoms with Gasteiger partial charge in [0.2, 0.25) is 5.91 Å². The van der Waals surface area contributed by atoms with Crippen molar-refractivity contribution in [1.29, 1.82) is 0 Å². The lowest BCUT2D eigenvalue weighted by atomic mass is 9.77. The van der Waals surface area contributed by atoms with E-state index in [9.17, 15) is 4.79 Å². The van der Waals surface area contributed by atoms with E-state index in [1.54, 1.807) is 0 Å².